The summed E-state index contributed by atoms with van der Waals surface area (Å²) < 4.78 is 16.9. The standard InChI is InChI=1S/C15H15O3P/c1-18-19(16,17)15(14-10-6-3-7-11-14)12-13-8-4-2-5-9-13/h2-12H,1H3,(H,16,17)/b15-12-. The molecule has 1 atom stereocenters. The van der Waals surface area contributed by atoms with Gasteiger partial charge in [-0.3, -0.25) is 4.57 Å². The molecule has 2 rings (SSSR count). The number of hydrogen-bond donors (Lipinski definition) is 1. The van der Waals surface area contributed by atoms with Gasteiger partial charge in [-0.05, 0) is 17.2 Å². The van der Waals surface area contributed by atoms with Crippen molar-refractivity contribution in [3.63, 3.8) is 0 Å². The molecule has 0 saturated heterocycles. The molecule has 1 N–H and O–H groups in total. The van der Waals surface area contributed by atoms with Crippen molar-refractivity contribution in [3.8, 4) is 0 Å². The molecule has 0 heterocycles. The molecule has 2 aromatic rings. The van der Waals surface area contributed by atoms with Crippen molar-refractivity contribution in [1.29, 1.82) is 0 Å². The summed E-state index contributed by atoms with van der Waals surface area (Å²) in [6, 6.07) is 18.5. The molecule has 0 aliphatic rings. The molecule has 0 amide bonds. The summed E-state index contributed by atoms with van der Waals surface area (Å²) in [5.74, 6) is 0. The van der Waals surface area contributed by atoms with E-state index in [2.05, 4.69) is 0 Å². The fraction of sp³-hybridized carbons (Fsp3) is 0.0667. The van der Waals surface area contributed by atoms with E-state index < -0.39 is 7.60 Å². The number of benzene rings is 2. The maximum atomic E-state index is 12.2. The Morgan fingerprint density at radius 2 is 1.58 bits per heavy atom. The second-order valence-electron chi connectivity index (χ2n) is 4.01. The summed E-state index contributed by atoms with van der Waals surface area (Å²) in [7, 11) is -2.57. The first-order valence-corrected chi connectivity index (χ1v) is 7.42. The molecule has 2 aromatic carbocycles. The van der Waals surface area contributed by atoms with Gasteiger partial charge in [0.05, 0.1) is 5.31 Å². The topological polar surface area (TPSA) is 46.5 Å². The molecule has 3 nitrogen and oxygen atoms in total. The van der Waals surface area contributed by atoms with E-state index in [9.17, 15) is 9.46 Å². The third-order valence-electron chi connectivity index (χ3n) is 2.72. The van der Waals surface area contributed by atoms with Gasteiger partial charge in [0.2, 0.25) is 0 Å². The number of hydrogen-bond acceptors (Lipinski definition) is 2. The zero-order valence-electron chi connectivity index (χ0n) is 10.6. The first-order chi connectivity index (χ1) is 9.13. The Labute approximate surface area is 112 Å². The van der Waals surface area contributed by atoms with Gasteiger partial charge in [0.1, 0.15) is 0 Å². The van der Waals surface area contributed by atoms with E-state index in [0.29, 0.717) is 10.9 Å². The van der Waals surface area contributed by atoms with Crippen LogP contribution < -0.4 is 0 Å². The second kappa shape index (κ2) is 5.98. The summed E-state index contributed by atoms with van der Waals surface area (Å²) in [5.41, 5.74) is 1.53. The van der Waals surface area contributed by atoms with Crippen LogP contribution in [-0.2, 0) is 9.09 Å². The van der Waals surface area contributed by atoms with Crippen LogP contribution in [0.3, 0.4) is 0 Å². The Kier molecular flexibility index (Phi) is 4.33. The third kappa shape index (κ3) is 3.42. The molecule has 0 radical (unpaired) electrons. The molecule has 0 aliphatic carbocycles. The van der Waals surface area contributed by atoms with Crippen LogP contribution in [-0.4, -0.2) is 12.0 Å². The maximum Gasteiger partial charge on any atom is 0.359 e. The Hall–Kier alpha value is -1.67. The monoisotopic (exact) mass is 274 g/mol. The highest BCUT2D eigenvalue weighted by Crippen LogP contribution is 2.55. The average molecular weight is 274 g/mol. The summed E-state index contributed by atoms with van der Waals surface area (Å²) in [6.45, 7) is 0. The predicted octanol–water partition coefficient (Wildman–Crippen LogP) is 4.02. The third-order valence-corrected chi connectivity index (χ3v) is 4.22. The van der Waals surface area contributed by atoms with Gasteiger partial charge >= 0.3 is 7.60 Å². The summed E-state index contributed by atoms with van der Waals surface area (Å²) >= 11 is 0. The van der Waals surface area contributed by atoms with Gasteiger partial charge in [-0.2, -0.15) is 0 Å². The van der Waals surface area contributed by atoms with Crippen LogP contribution >= 0.6 is 7.60 Å². The van der Waals surface area contributed by atoms with Crippen molar-refractivity contribution in [2.75, 3.05) is 7.11 Å². The van der Waals surface area contributed by atoms with Gasteiger partial charge in [-0.1, -0.05) is 60.7 Å². The highest BCUT2D eigenvalue weighted by atomic mass is 31.2. The fourth-order valence-corrected chi connectivity index (χ4v) is 2.73. The van der Waals surface area contributed by atoms with Crippen molar-refractivity contribution in [2.24, 2.45) is 0 Å². The zero-order chi connectivity index (χ0) is 13.7. The van der Waals surface area contributed by atoms with Gasteiger partial charge in [0.25, 0.3) is 0 Å². The minimum Gasteiger partial charge on any atom is -0.321 e. The molecular formula is C15H15O3P. The van der Waals surface area contributed by atoms with Crippen LogP contribution in [0.5, 0.6) is 0 Å². The van der Waals surface area contributed by atoms with Crippen molar-refractivity contribution in [3.05, 3.63) is 71.8 Å². The quantitative estimate of drug-likeness (QED) is 0.676. The largest absolute Gasteiger partial charge is 0.359 e. The van der Waals surface area contributed by atoms with Crippen molar-refractivity contribution < 1.29 is 14.0 Å². The van der Waals surface area contributed by atoms with E-state index in [1.807, 2.05) is 48.5 Å². The maximum absolute atomic E-state index is 12.2. The number of rotatable bonds is 4. The molecule has 0 aromatic heterocycles. The lowest BCUT2D eigenvalue weighted by Crippen LogP contribution is -1.90. The van der Waals surface area contributed by atoms with E-state index in [1.54, 1.807) is 18.2 Å². The first-order valence-electron chi connectivity index (χ1n) is 5.85. The SMILES string of the molecule is COP(=O)(O)/C(=C\c1ccccc1)c1ccccc1. The molecule has 1 unspecified atom stereocenters. The lowest BCUT2D eigenvalue weighted by Gasteiger charge is -2.13. The molecule has 98 valence electrons. The van der Waals surface area contributed by atoms with Crippen LogP contribution in [0, 0.1) is 0 Å². The molecule has 19 heavy (non-hydrogen) atoms. The van der Waals surface area contributed by atoms with Crippen LogP contribution in [0.25, 0.3) is 11.4 Å². The Bertz CT molecular complexity index is 606. The molecule has 0 aliphatic heterocycles. The average Bonchev–Trinajstić information content (AvgIpc) is 2.46. The van der Waals surface area contributed by atoms with Crippen LogP contribution in [0.4, 0.5) is 0 Å². The van der Waals surface area contributed by atoms with E-state index in [4.69, 9.17) is 4.52 Å². The molecule has 0 fully saturated rings. The molecule has 4 heteroatoms. The molecule has 0 saturated carbocycles. The lowest BCUT2D eigenvalue weighted by atomic mass is 10.1. The van der Waals surface area contributed by atoms with E-state index >= 15 is 0 Å². The molecule has 0 spiro atoms. The summed E-state index contributed by atoms with van der Waals surface area (Å²) in [4.78, 5) is 9.96. The molecular weight excluding hydrogens is 259 g/mol. The van der Waals surface area contributed by atoms with Gasteiger partial charge in [0, 0.05) is 7.11 Å². The van der Waals surface area contributed by atoms with E-state index in [-0.39, 0.29) is 0 Å². The smallest absolute Gasteiger partial charge is 0.321 e. The predicted molar refractivity (Wildman–Crippen MR) is 77.6 cm³/mol. The van der Waals surface area contributed by atoms with Gasteiger partial charge in [-0.15, -0.1) is 0 Å². The first kappa shape index (κ1) is 13.8. The minimum atomic E-state index is -3.81. The Morgan fingerprint density at radius 1 is 1.05 bits per heavy atom. The highest BCUT2D eigenvalue weighted by molar-refractivity contribution is 7.64. The van der Waals surface area contributed by atoms with Gasteiger partial charge in [0.15, 0.2) is 0 Å². The van der Waals surface area contributed by atoms with Gasteiger partial charge in [-0.25, -0.2) is 0 Å². The van der Waals surface area contributed by atoms with Crippen LogP contribution in [0.1, 0.15) is 11.1 Å². The Balaban J connectivity index is 2.54. The fourth-order valence-electron chi connectivity index (χ4n) is 1.74. The summed E-state index contributed by atoms with van der Waals surface area (Å²) in [6.07, 6.45) is 1.68. The van der Waals surface area contributed by atoms with Crippen molar-refractivity contribution in [1.82, 2.24) is 0 Å². The minimum absolute atomic E-state index is 0.293. The van der Waals surface area contributed by atoms with Crippen LogP contribution in [0.15, 0.2) is 60.7 Å². The Morgan fingerprint density at radius 3 is 2.11 bits per heavy atom. The van der Waals surface area contributed by atoms with Gasteiger partial charge < -0.3 is 9.42 Å². The normalized spacial score (nSPS) is 14.9. The van der Waals surface area contributed by atoms with E-state index in [1.165, 1.54) is 7.11 Å². The second-order valence-corrected chi connectivity index (χ2v) is 5.90. The molecule has 0 bridgehead atoms. The van der Waals surface area contributed by atoms with Crippen molar-refractivity contribution >= 4 is 19.0 Å². The highest BCUT2D eigenvalue weighted by Gasteiger charge is 2.25. The van der Waals surface area contributed by atoms with Crippen molar-refractivity contribution in [2.45, 2.75) is 0 Å². The zero-order valence-corrected chi connectivity index (χ0v) is 11.5. The van der Waals surface area contributed by atoms with Crippen LogP contribution in [0.2, 0.25) is 0 Å². The lowest BCUT2D eigenvalue weighted by molar-refractivity contribution is 0.329. The van der Waals surface area contributed by atoms with E-state index in [0.717, 1.165) is 5.56 Å². The summed E-state index contributed by atoms with van der Waals surface area (Å²) in [5, 5.41) is 0.293.